The fraction of sp³-hybridized carbons (Fsp3) is 0.333. The monoisotopic (exact) mass is 415 g/mol. The van der Waals surface area contributed by atoms with Crippen LogP contribution >= 0.6 is 11.6 Å². The molecule has 8 heteroatoms. The van der Waals surface area contributed by atoms with Crippen LogP contribution in [0.15, 0.2) is 30.5 Å². The van der Waals surface area contributed by atoms with Crippen LogP contribution in [0.1, 0.15) is 43.6 Å². The van der Waals surface area contributed by atoms with Gasteiger partial charge in [0.1, 0.15) is 0 Å². The van der Waals surface area contributed by atoms with Gasteiger partial charge in [0.15, 0.2) is 11.6 Å². The zero-order valence-electron chi connectivity index (χ0n) is 15.6. The minimum Gasteiger partial charge on any atom is -0.296 e. The Morgan fingerprint density at radius 3 is 2.72 bits per heavy atom. The molecule has 6 nitrogen and oxygen atoms in total. The molecule has 0 spiro atoms. The highest BCUT2D eigenvalue weighted by atomic mass is 35.5. The number of aromatic nitrogens is 1. The van der Waals surface area contributed by atoms with Gasteiger partial charge in [0.25, 0.3) is 0 Å². The zero-order chi connectivity index (χ0) is 20.5. The summed E-state index contributed by atoms with van der Waals surface area (Å²) in [6.45, 7) is 0.452. The summed E-state index contributed by atoms with van der Waals surface area (Å²) in [5, 5.41) is 2.65. The number of carbonyl (C=O) groups is 3. The number of rotatable bonds is 3. The molecular weight excluding hydrogens is 397 g/mol. The summed E-state index contributed by atoms with van der Waals surface area (Å²) in [6, 6.07) is 6.50. The summed E-state index contributed by atoms with van der Waals surface area (Å²) in [7, 11) is 0. The highest BCUT2D eigenvalue weighted by molar-refractivity contribution is 6.34. The fourth-order valence-corrected chi connectivity index (χ4v) is 4.21. The largest absolute Gasteiger partial charge is 0.296 e. The number of carbonyl (C=O) groups excluding carboxylic acids is 3. The van der Waals surface area contributed by atoms with Crippen molar-refractivity contribution in [3.63, 3.8) is 0 Å². The number of nitrogens with one attached hydrogen (secondary N) is 1. The number of nitrogens with zero attached hydrogens (tertiary/aromatic N) is 2. The van der Waals surface area contributed by atoms with Crippen LogP contribution in [0.3, 0.4) is 0 Å². The van der Waals surface area contributed by atoms with E-state index >= 15 is 0 Å². The third-order valence-corrected chi connectivity index (χ3v) is 5.78. The van der Waals surface area contributed by atoms with E-state index in [0.717, 1.165) is 12.8 Å². The maximum Gasteiger partial charge on any atom is 0.234 e. The molecule has 3 amide bonds. The standard InChI is InChI=1S/C21H19ClFN3O3/c22-19-13(4-3-5-14(19)15-7-8-17(27)25-21(15)29)12-10-16(23)20(24-11-12)26-9-2-1-6-18(26)28/h3-5,10-11,15H,1-2,6-9H2,(H,25,27,29). The number of hydrogen-bond donors (Lipinski definition) is 1. The molecule has 29 heavy (non-hydrogen) atoms. The van der Waals surface area contributed by atoms with Crippen molar-refractivity contribution in [1.29, 1.82) is 0 Å². The van der Waals surface area contributed by atoms with E-state index in [0.29, 0.717) is 41.1 Å². The Hall–Kier alpha value is -2.80. The Balaban J connectivity index is 1.67. The smallest absolute Gasteiger partial charge is 0.234 e. The van der Waals surface area contributed by atoms with Gasteiger partial charge >= 0.3 is 0 Å². The molecule has 2 fully saturated rings. The highest BCUT2D eigenvalue weighted by Gasteiger charge is 2.30. The maximum absolute atomic E-state index is 14.8. The molecule has 1 aromatic heterocycles. The van der Waals surface area contributed by atoms with Crippen molar-refractivity contribution in [3.8, 4) is 11.1 Å². The van der Waals surface area contributed by atoms with Crippen LogP contribution < -0.4 is 10.2 Å². The van der Waals surface area contributed by atoms with Crippen molar-refractivity contribution in [2.24, 2.45) is 0 Å². The average molecular weight is 416 g/mol. The molecule has 2 aliphatic heterocycles. The lowest BCUT2D eigenvalue weighted by molar-refractivity contribution is -0.134. The first-order valence-electron chi connectivity index (χ1n) is 9.54. The summed E-state index contributed by atoms with van der Waals surface area (Å²) in [5.74, 6) is -1.93. The number of halogens is 2. The van der Waals surface area contributed by atoms with E-state index < -0.39 is 11.7 Å². The third-order valence-electron chi connectivity index (χ3n) is 5.36. The molecule has 1 atom stereocenters. The molecule has 2 saturated heterocycles. The summed E-state index contributed by atoms with van der Waals surface area (Å²) < 4.78 is 14.8. The first-order valence-corrected chi connectivity index (χ1v) is 9.92. The van der Waals surface area contributed by atoms with E-state index in [-0.39, 0.29) is 30.0 Å². The summed E-state index contributed by atoms with van der Waals surface area (Å²) >= 11 is 6.56. The van der Waals surface area contributed by atoms with E-state index in [1.165, 1.54) is 17.2 Å². The van der Waals surface area contributed by atoms with Gasteiger partial charge in [0.05, 0.1) is 10.9 Å². The molecular formula is C21H19ClFN3O3. The van der Waals surface area contributed by atoms with Gasteiger partial charge in [0.2, 0.25) is 17.7 Å². The van der Waals surface area contributed by atoms with Crippen molar-refractivity contribution in [1.82, 2.24) is 10.3 Å². The molecule has 4 rings (SSSR count). The number of anilines is 1. The normalized spacial score (nSPS) is 20.0. The Labute approximate surface area is 172 Å². The summed E-state index contributed by atoms with van der Waals surface area (Å²) in [4.78, 5) is 41.2. The Kier molecular flexibility index (Phi) is 5.32. The predicted octanol–water partition coefficient (Wildman–Crippen LogP) is 3.58. The molecule has 3 heterocycles. The molecule has 0 radical (unpaired) electrons. The fourth-order valence-electron chi connectivity index (χ4n) is 3.84. The van der Waals surface area contributed by atoms with E-state index in [9.17, 15) is 18.8 Å². The van der Waals surface area contributed by atoms with Crippen LogP contribution in [-0.2, 0) is 14.4 Å². The van der Waals surface area contributed by atoms with Gasteiger partial charge in [-0.05, 0) is 30.9 Å². The topological polar surface area (TPSA) is 79.4 Å². The van der Waals surface area contributed by atoms with Gasteiger partial charge in [-0.1, -0.05) is 29.8 Å². The molecule has 2 aromatic rings. The highest BCUT2D eigenvalue weighted by Crippen LogP contribution is 2.37. The van der Waals surface area contributed by atoms with Gasteiger partial charge in [-0.15, -0.1) is 0 Å². The predicted molar refractivity (Wildman–Crippen MR) is 106 cm³/mol. The number of benzene rings is 1. The van der Waals surface area contributed by atoms with E-state index in [4.69, 9.17) is 11.6 Å². The van der Waals surface area contributed by atoms with Crippen molar-refractivity contribution < 1.29 is 18.8 Å². The van der Waals surface area contributed by atoms with Crippen molar-refractivity contribution in [2.45, 2.75) is 38.0 Å². The van der Waals surface area contributed by atoms with Crippen molar-refractivity contribution in [3.05, 3.63) is 46.9 Å². The van der Waals surface area contributed by atoms with Gasteiger partial charge in [0, 0.05) is 36.7 Å². The van der Waals surface area contributed by atoms with Gasteiger partial charge in [-0.3, -0.25) is 24.6 Å². The minimum atomic E-state index is -0.597. The molecule has 1 N–H and O–H groups in total. The molecule has 2 aliphatic rings. The van der Waals surface area contributed by atoms with Crippen molar-refractivity contribution in [2.75, 3.05) is 11.4 Å². The van der Waals surface area contributed by atoms with Gasteiger partial charge in [-0.2, -0.15) is 0 Å². The SMILES string of the molecule is O=C1CCC(c2cccc(-c3cnc(N4CCCCC4=O)c(F)c3)c2Cl)C(=O)N1. The lowest BCUT2D eigenvalue weighted by Crippen LogP contribution is -2.39. The van der Waals surface area contributed by atoms with Crippen LogP contribution in [0.5, 0.6) is 0 Å². The lowest BCUT2D eigenvalue weighted by atomic mass is 9.88. The number of piperidine rings is 2. The first kappa shape index (κ1) is 19.5. The third kappa shape index (κ3) is 3.74. The molecule has 0 bridgehead atoms. The summed E-state index contributed by atoms with van der Waals surface area (Å²) in [5.41, 5.74) is 1.58. The van der Waals surface area contributed by atoms with Crippen LogP contribution in [0.25, 0.3) is 11.1 Å². The lowest BCUT2D eigenvalue weighted by Gasteiger charge is -2.26. The maximum atomic E-state index is 14.8. The Bertz CT molecular complexity index is 1010. The van der Waals surface area contributed by atoms with Gasteiger partial charge < -0.3 is 0 Å². The van der Waals surface area contributed by atoms with Crippen LogP contribution in [-0.4, -0.2) is 29.3 Å². The minimum absolute atomic E-state index is 0.0240. The number of hydrogen-bond acceptors (Lipinski definition) is 4. The quantitative estimate of drug-likeness (QED) is 0.777. The van der Waals surface area contributed by atoms with E-state index in [1.54, 1.807) is 18.2 Å². The molecule has 1 unspecified atom stereocenters. The molecule has 1 aromatic carbocycles. The summed E-state index contributed by atoms with van der Waals surface area (Å²) in [6.07, 6.45) is 4.10. The van der Waals surface area contributed by atoms with E-state index in [1.807, 2.05) is 0 Å². The Morgan fingerprint density at radius 1 is 1.17 bits per heavy atom. The average Bonchev–Trinajstić information content (AvgIpc) is 2.69. The van der Waals surface area contributed by atoms with Crippen LogP contribution in [0.4, 0.5) is 10.2 Å². The first-order chi connectivity index (χ1) is 14.0. The zero-order valence-corrected chi connectivity index (χ0v) is 16.3. The molecule has 0 saturated carbocycles. The van der Waals surface area contributed by atoms with Crippen LogP contribution in [0.2, 0.25) is 5.02 Å². The van der Waals surface area contributed by atoms with E-state index in [2.05, 4.69) is 10.3 Å². The Morgan fingerprint density at radius 2 is 2.00 bits per heavy atom. The number of amides is 3. The molecule has 150 valence electrons. The second-order valence-corrected chi connectivity index (χ2v) is 7.62. The molecule has 0 aliphatic carbocycles. The number of imide groups is 1. The van der Waals surface area contributed by atoms with Gasteiger partial charge in [-0.25, -0.2) is 9.37 Å². The second-order valence-electron chi connectivity index (χ2n) is 7.24. The second kappa shape index (κ2) is 7.91. The van der Waals surface area contributed by atoms with Crippen LogP contribution in [0, 0.1) is 5.82 Å². The van der Waals surface area contributed by atoms with Crippen molar-refractivity contribution >= 4 is 35.1 Å². The number of pyridine rings is 1.